The van der Waals surface area contributed by atoms with Crippen LogP contribution in [0.25, 0.3) is 11.1 Å². The summed E-state index contributed by atoms with van der Waals surface area (Å²) in [6.45, 7) is 3.58. The second-order valence-electron chi connectivity index (χ2n) is 7.89. The minimum Gasteiger partial charge on any atom is -0.354 e. The molecule has 160 valence electrons. The van der Waals surface area contributed by atoms with Gasteiger partial charge >= 0.3 is 0 Å². The molecule has 31 heavy (non-hydrogen) atoms. The molecule has 3 heterocycles. The number of hydrogen-bond acceptors (Lipinski definition) is 4. The molecule has 1 N–H and O–H groups in total. The molecule has 1 aromatic carbocycles. The van der Waals surface area contributed by atoms with E-state index in [4.69, 9.17) is 0 Å². The summed E-state index contributed by atoms with van der Waals surface area (Å²) in [7, 11) is 0. The van der Waals surface area contributed by atoms with Crippen molar-refractivity contribution in [3.05, 3.63) is 76.2 Å². The molecular weight excluding hydrogens is 406 g/mol. The molecule has 1 aliphatic heterocycles. The lowest BCUT2D eigenvalue weighted by Crippen LogP contribution is -2.37. The minimum atomic E-state index is -0.289. The van der Waals surface area contributed by atoms with Gasteiger partial charge < -0.3 is 10.2 Å². The third-order valence-electron chi connectivity index (χ3n) is 5.65. The van der Waals surface area contributed by atoms with E-state index in [9.17, 15) is 9.59 Å². The SMILES string of the molecule is CCCc1cc(C(=O)N2CCNC(=O)[C@H](Cc3ccccc3-c3ccncc3)C2)cs1. The smallest absolute Gasteiger partial charge is 0.254 e. The number of pyridine rings is 1. The van der Waals surface area contributed by atoms with Crippen LogP contribution in [-0.4, -0.2) is 41.3 Å². The van der Waals surface area contributed by atoms with Gasteiger partial charge in [-0.25, -0.2) is 0 Å². The summed E-state index contributed by atoms with van der Waals surface area (Å²) in [5.41, 5.74) is 4.01. The lowest BCUT2D eigenvalue weighted by Gasteiger charge is -2.23. The topological polar surface area (TPSA) is 62.3 Å². The van der Waals surface area contributed by atoms with Crippen molar-refractivity contribution in [2.75, 3.05) is 19.6 Å². The van der Waals surface area contributed by atoms with Crippen molar-refractivity contribution in [3.63, 3.8) is 0 Å². The molecule has 0 aliphatic carbocycles. The molecule has 6 heteroatoms. The molecule has 2 amide bonds. The highest BCUT2D eigenvalue weighted by Gasteiger charge is 2.29. The van der Waals surface area contributed by atoms with E-state index in [0.717, 1.165) is 35.1 Å². The average molecular weight is 434 g/mol. The summed E-state index contributed by atoms with van der Waals surface area (Å²) in [5.74, 6) is -0.262. The van der Waals surface area contributed by atoms with Gasteiger partial charge in [-0.15, -0.1) is 11.3 Å². The summed E-state index contributed by atoms with van der Waals surface area (Å²) < 4.78 is 0. The number of carbonyl (C=O) groups is 2. The molecule has 0 unspecified atom stereocenters. The molecule has 0 spiro atoms. The van der Waals surface area contributed by atoms with Gasteiger partial charge in [0, 0.05) is 42.3 Å². The van der Waals surface area contributed by atoms with Crippen molar-refractivity contribution in [3.8, 4) is 11.1 Å². The van der Waals surface area contributed by atoms with E-state index in [-0.39, 0.29) is 17.7 Å². The van der Waals surface area contributed by atoms with Crippen molar-refractivity contribution >= 4 is 23.2 Å². The first-order valence-corrected chi connectivity index (χ1v) is 11.7. The molecule has 0 radical (unpaired) electrons. The van der Waals surface area contributed by atoms with Gasteiger partial charge in [0.15, 0.2) is 0 Å². The predicted octanol–water partition coefficient (Wildman–Crippen LogP) is 4.19. The fourth-order valence-corrected chi connectivity index (χ4v) is 5.03. The first kappa shape index (κ1) is 21.2. The van der Waals surface area contributed by atoms with Crippen molar-refractivity contribution in [2.45, 2.75) is 26.2 Å². The fraction of sp³-hybridized carbons (Fsp3) is 0.320. The Morgan fingerprint density at radius 1 is 1.23 bits per heavy atom. The molecule has 1 fully saturated rings. The maximum atomic E-state index is 13.1. The van der Waals surface area contributed by atoms with Crippen LogP contribution in [0.4, 0.5) is 0 Å². The van der Waals surface area contributed by atoms with Crippen LogP contribution in [0, 0.1) is 5.92 Å². The van der Waals surface area contributed by atoms with Gasteiger partial charge in [0.2, 0.25) is 5.91 Å². The zero-order valence-corrected chi connectivity index (χ0v) is 18.5. The highest BCUT2D eigenvalue weighted by molar-refractivity contribution is 7.10. The van der Waals surface area contributed by atoms with Gasteiger partial charge in [-0.1, -0.05) is 37.6 Å². The lowest BCUT2D eigenvalue weighted by atomic mass is 9.92. The Hall–Kier alpha value is -2.99. The number of aromatic nitrogens is 1. The number of aryl methyl sites for hydroxylation is 1. The normalized spacial score (nSPS) is 16.6. The zero-order valence-electron chi connectivity index (χ0n) is 17.7. The van der Waals surface area contributed by atoms with Crippen LogP contribution in [0.2, 0.25) is 0 Å². The molecule has 2 aromatic heterocycles. The zero-order chi connectivity index (χ0) is 21.6. The number of nitrogens with zero attached hydrogens (tertiary/aromatic N) is 2. The van der Waals surface area contributed by atoms with Gasteiger partial charge in [0.1, 0.15) is 0 Å². The van der Waals surface area contributed by atoms with E-state index < -0.39 is 0 Å². The summed E-state index contributed by atoms with van der Waals surface area (Å²) >= 11 is 1.64. The molecule has 0 bridgehead atoms. The number of rotatable bonds is 6. The van der Waals surface area contributed by atoms with Crippen molar-refractivity contribution in [1.82, 2.24) is 15.2 Å². The van der Waals surface area contributed by atoms with Crippen LogP contribution < -0.4 is 5.32 Å². The summed E-state index contributed by atoms with van der Waals surface area (Å²) in [6, 6.07) is 14.1. The second kappa shape index (κ2) is 9.88. The van der Waals surface area contributed by atoms with Gasteiger partial charge in [-0.05, 0) is 47.7 Å². The Labute approximate surface area is 187 Å². The van der Waals surface area contributed by atoms with Crippen LogP contribution in [0.1, 0.15) is 34.1 Å². The van der Waals surface area contributed by atoms with Gasteiger partial charge in [-0.2, -0.15) is 0 Å². The number of nitrogens with one attached hydrogen (secondary N) is 1. The first-order chi connectivity index (χ1) is 15.2. The quantitative estimate of drug-likeness (QED) is 0.634. The third kappa shape index (κ3) is 5.02. The number of thiophene rings is 1. The maximum Gasteiger partial charge on any atom is 0.254 e. The van der Waals surface area contributed by atoms with Gasteiger partial charge in [0.25, 0.3) is 5.91 Å². The van der Waals surface area contributed by atoms with Crippen molar-refractivity contribution in [1.29, 1.82) is 0 Å². The Balaban J connectivity index is 1.54. The van der Waals surface area contributed by atoms with Crippen LogP contribution >= 0.6 is 11.3 Å². The molecule has 0 saturated carbocycles. The van der Waals surface area contributed by atoms with Crippen molar-refractivity contribution < 1.29 is 9.59 Å². The monoisotopic (exact) mass is 433 g/mol. The molecule has 1 aliphatic rings. The van der Waals surface area contributed by atoms with Crippen LogP contribution in [-0.2, 0) is 17.6 Å². The summed E-state index contributed by atoms with van der Waals surface area (Å²) in [6.07, 6.45) is 6.19. The molecule has 3 aromatic rings. The first-order valence-electron chi connectivity index (χ1n) is 10.8. The summed E-state index contributed by atoms with van der Waals surface area (Å²) in [5, 5.41) is 4.94. The average Bonchev–Trinajstić information content (AvgIpc) is 3.19. The van der Waals surface area contributed by atoms with E-state index in [2.05, 4.69) is 29.4 Å². The highest BCUT2D eigenvalue weighted by atomic mass is 32.1. The fourth-order valence-electron chi connectivity index (χ4n) is 4.07. The third-order valence-corrected chi connectivity index (χ3v) is 6.65. The van der Waals surface area contributed by atoms with E-state index >= 15 is 0 Å². The second-order valence-corrected chi connectivity index (χ2v) is 8.88. The van der Waals surface area contributed by atoms with E-state index in [1.54, 1.807) is 23.7 Å². The van der Waals surface area contributed by atoms with Crippen LogP contribution in [0.15, 0.2) is 60.2 Å². The van der Waals surface area contributed by atoms with E-state index in [0.29, 0.717) is 26.1 Å². The van der Waals surface area contributed by atoms with Gasteiger partial charge in [0.05, 0.1) is 11.5 Å². The largest absolute Gasteiger partial charge is 0.354 e. The Morgan fingerprint density at radius 2 is 2.03 bits per heavy atom. The van der Waals surface area contributed by atoms with Crippen LogP contribution in [0.5, 0.6) is 0 Å². The standard InChI is InChI=1S/C25H27N3O2S/c1-2-5-22-15-21(17-31-22)25(30)28-13-12-27-24(29)20(16-28)14-19-6-3-4-7-23(19)18-8-10-26-11-9-18/h3-4,6-11,15,17,20H,2,5,12-14,16H2,1H3,(H,27,29)/t20-/m1/s1. The van der Waals surface area contributed by atoms with Crippen molar-refractivity contribution in [2.24, 2.45) is 5.92 Å². The van der Waals surface area contributed by atoms with Crippen LogP contribution in [0.3, 0.4) is 0 Å². The number of hydrogen-bond donors (Lipinski definition) is 1. The van der Waals surface area contributed by atoms with E-state index in [1.165, 1.54) is 4.88 Å². The minimum absolute atomic E-state index is 0.0109. The summed E-state index contributed by atoms with van der Waals surface area (Å²) in [4.78, 5) is 33.1. The molecule has 1 atom stereocenters. The molecular formula is C25H27N3O2S. The Morgan fingerprint density at radius 3 is 2.84 bits per heavy atom. The lowest BCUT2D eigenvalue weighted by molar-refractivity contribution is -0.124. The molecule has 4 rings (SSSR count). The van der Waals surface area contributed by atoms with E-state index in [1.807, 2.05) is 40.6 Å². The Bertz CT molecular complexity index is 1050. The number of benzene rings is 1. The number of carbonyl (C=O) groups excluding carboxylic acids is 2. The van der Waals surface area contributed by atoms with Gasteiger partial charge in [-0.3, -0.25) is 14.6 Å². The molecule has 1 saturated heterocycles. The number of amides is 2. The Kier molecular flexibility index (Phi) is 6.77. The maximum absolute atomic E-state index is 13.1. The highest BCUT2D eigenvalue weighted by Crippen LogP contribution is 2.26. The molecule has 5 nitrogen and oxygen atoms in total. The predicted molar refractivity (Wildman–Crippen MR) is 124 cm³/mol.